The van der Waals surface area contributed by atoms with Crippen molar-refractivity contribution in [3.8, 4) is 0 Å². The lowest BCUT2D eigenvalue weighted by atomic mass is 9.82. The van der Waals surface area contributed by atoms with E-state index in [1.54, 1.807) is 29.5 Å². The Morgan fingerprint density at radius 2 is 1.94 bits per heavy atom. The third-order valence-corrected chi connectivity index (χ3v) is 3.74. The molecule has 0 fully saturated rings. The molecule has 2 unspecified atom stereocenters. The first-order chi connectivity index (χ1) is 8.25. The number of rotatable bonds is 4. The van der Waals surface area contributed by atoms with E-state index < -0.39 is 10.7 Å². The molecule has 6 heteroatoms. The summed E-state index contributed by atoms with van der Waals surface area (Å²) >= 11 is 1.75. The molecule has 2 atom stereocenters. The lowest BCUT2D eigenvalue weighted by molar-refractivity contribution is -0.386. The molecule has 100 valence electrons. The van der Waals surface area contributed by atoms with Gasteiger partial charge in [-0.15, -0.1) is 0 Å². The maximum absolute atomic E-state index is 13.6. The second-order valence-corrected chi connectivity index (χ2v) is 5.87. The quantitative estimate of drug-likeness (QED) is 0.504. The summed E-state index contributed by atoms with van der Waals surface area (Å²) in [6.07, 6.45) is 0. The minimum Gasteiger partial charge on any atom is -0.327 e. The van der Waals surface area contributed by atoms with Gasteiger partial charge in [0, 0.05) is 23.6 Å². The molecule has 0 aliphatic heterocycles. The van der Waals surface area contributed by atoms with Crippen molar-refractivity contribution in [2.24, 2.45) is 11.7 Å². The van der Waals surface area contributed by atoms with Gasteiger partial charge in [-0.05, 0) is 41.5 Å². The van der Waals surface area contributed by atoms with Crippen molar-refractivity contribution in [1.29, 1.82) is 0 Å². The maximum atomic E-state index is 13.6. The van der Waals surface area contributed by atoms with Crippen molar-refractivity contribution < 1.29 is 9.31 Å². The molecule has 0 aliphatic carbocycles. The van der Waals surface area contributed by atoms with Gasteiger partial charge in [0.15, 0.2) is 0 Å². The second kappa shape index (κ2) is 5.92. The molecule has 1 rings (SSSR count). The molecular formula is C12H16FIN2O2. The fraction of sp³-hybridized carbons (Fsp3) is 0.500. The van der Waals surface area contributed by atoms with Crippen molar-refractivity contribution in [2.75, 3.05) is 0 Å². The van der Waals surface area contributed by atoms with E-state index in [1.807, 2.05) is 13.8 Å². The molecular weight excluding hydrogens is 350 g/mol. The van der Waals surface area contributed by atoms with Crippen LogP contribution in [0, 0.1) is 25.4 Å². The maximum Gasteiger partial charge on any atom is 0.274 e. The lowest BCUT2D eigenvalue weighted by Crippen LogP contribution is -2.29. The average molecular weight is 366 g/mol. The summed E-state index contributed by atoms with van der Waals surface area (Å²) in [5.41, 5.74) is 6.20. The molecule has 0 saturated carbocycles. The Morgan fingerprint density at radius 3 is 2.33 bits per heavy atom. The van der Waals surface area contributed by atoms with Gasteiger partial charge in [-0.2, -0.15) is 0 Å². The van der Waals surface area contributed by atoms with Gasteiger partial charge in [0.05, 0.1) is 8.49 Å². The monoisotopic (exact) mass is 366 g/mol. The van der Waals surface area contributed by atoms with Crippen LogP contribution >= 0.6 is 22.6 Å². The van der Waals surface area contributed by atoms with Crippen LogP contribution in [0.2, 0.25) is 0 Å². The number of hydrogen-bond donors (Lipinski definition) is 1. The molecule has 0 heterocycles. The van der Waals surface area contributed by atoms with Crippen molar-refractivity contribution >= 4 is 28.3 Å². The number of benzene rings is 1. The Labute approximate surface area is 119 Å². The van der Waals surface area contributed by atoms with Gasteiger partial charge in [-0.1, -0.05) is 13.8 Å². The van der Waals surface area contributed by atoms with Crippen LogP contribution < -0.4 is 5.73 Å². The van der Waals surface area contributed by atoms with E-state index in [2.05, 4.69) is 0 Å². The summed E-state index contributed by atoms with van der Waals surface area (Å²) in [5, 5.41) is 11.1. The first kappa shape index (κ1) is 15.3. The highest BCUT2D eigenvalue weighted by molar-refractivity contribution is 14.1. The summed E-state index contributed by atoms with van der Waals surface area (Å²) < 4.78 is 13.9. The van der Waals surface area contributed by atoms with Crippen LogP contribution in [-0.4, -0.2) is 11.0 Å². The molecule has 1 aromatic carbocycles. The van der Waals surface area contributed by atoms with E-state index in [0.29, 0.717) is 5.56 Å². The number of halogens is 2. The number of nitrogens with two attached hydrogens (primary N) is 1. The van der Waals surface area contributed by atoms with Crippen LogP contribution in [0.3, 0.4) is 0 Å². The fourth-order valence-electron chi connectivity index (χ4n) is 2.23. The highest BCUT2D eigenvalue weighted by Crippen LogP contribution is 2.35. The third-order valence-electron chi connectivity index (χ3n) is 2.91. The number of nitrogens with zero attached hydrogens (tertiary/aromatic N) is 1. The molecule has 0 amide bonds. The van der Waals surface area contributed by atoms with Gasteiger partial charge in [0.1, 0.15) is 5.82 Å². The van der Waals surface area contributed by atoms with Gasteiger partial charge in [-0.3, -0.25) is 10.1 Å². The Bertz CT molecular complexity index is 456. The van der Waals surface area contributed by atoms with E-state index >= 15 is 0 Å². The first-order valence-electron chi connectivity index (χ1n) is 5.64. The Kier molecular flexibility index (Phi) is 5.03. The van der Waals surface area contributed by atoms with Gasteiger partial charge in [0.25, 0.3) is 5.69 Å². The third kappa shape index (κ3) is 3.17. The van der Waals surface area contributed by atoms with E-state index in [1.165, 1.54) is 12.1 Å². The number of hydrogen-bond acceptors (Lipinski definition) is 3. The summed E-state index contributed by atoms with van der Waals surface area (Å²) in [7, 11) is 0. The first-order valence-corrected chi connectivity index (χ1v) is 6.72. The molecule has 0 bridgehead atoms. The summed E-state index contributed by atoms with van der Waals surface area (Å²) in [4.78, 5) is 10.6. The second-order valence-electron chi connectivity index (χ2n) is 4.71. The average Bonchev–Trinajstić information content (AvgIpc) is 2.21. The molecule has 0 saturated heterocycles. The molecule has 4 nitrogen and oxygen atoms in total. The largest absolute Gasteiger partial charge is 0.327 e. The Morgan fingerprint density at radius 1 is 1.39 bits per heavy atom. The molecule has 18 heavy (non-hydrogen) atoms. The van der Waals surface area contributed by atoms with Crippen molar-refractivity contribution in [3.05, 3.63) is 37.2 Å². The van der Waals surface area contributed by atoms with Crippen LogP contribution in [0.1, 0.15) is 32.3 Å². The summed E-state index contributed by atoms with van der Waals surface area (Å²) in [5.74, 6) is -0.581. The van der Waals surface area contributed by atoms with E-state index in [0.717, 1.165) is 0 Å². The smallest absolute Gasteiger partial charge is 0.274 e. The number of nitro benzene ring substituents is 1. The molecule has 0 aromatic heterocycles. The predicted molar refractivity (Wildman–Crippen MR) is 77.0 cm³/mol. The molecule has 2 N–H and O–H groups in total. The van der Waals surface area contributed by atoms with Gasteiger partial charge < -0.3 is 5.73 Å². The van der Waals surface area contributed by atoms with Crippen LogP contribution in [0.4, 0.5) is 10.1 Å². The zero-order valence-electron chi connectivity index (χ0n) is 10.5. The van der Waals surface area contributed by atoms with Gasteiger partial charge in [-0.25, -0.2) is 4.39 Å². The minimum absolute atomic E-state index is 0.0585. The zero-order valence-corrected chi connectivity index (χ0v) is 12.6. The zero-order chi connectivity index (χ0) is 14.0. The Hall–Kier alpha value is -0.760. The van der Waals surface area contributed by atoms with E-state index in [4.69, 9.17) is 5.73 Å². The molecule has 1 aromatic rings. The molecule has 0 spiro atoms. The predicted octanol–water partition coefficient (Wildman–Crippen LogP) is 3.43. The van der Waals surface area contributed by atoms with Crippen LogP contribution in [0.5, 0.6) is 0 Å². The fourth-order valence-corrected chi connectivity index (χ4v) is 2.68. The van der Waals surface area contributed by atoms with E-state index in [-0.39, 0.29) is 27.1 Å². The van der Waals surface area contributed by atoms with Crippen molar-refractivity contribution in [2.45, 2.75) is 32.7 Å². The summed E-state index contributed by atoms with van der Waals surface area (Å²) in [6, 6.07) is 2.24. The standard InChI is InChI=1S/C12H16FIN2O2/c1-6(2)12(7(3)15)8-4-9(13)10(14)5-11(8)16(17)18/h4-7,12H,15H2,1-3H3. The van der Waals surface area contributed by atoms with Crippen LogP contribution in [0.25, 0.3) is 0 Å². The van der Waals surface area contributed by atoms with Gasteiger partial charge in [0.2, 0.25) is 0 Å². The van der Waals surface area contributed by atoms with E-state index in [9.17, 15) is 14.5 Å². The van der Waals surface area contributed by atoms with Crippen molar-refractivity contribution in [3.63, 3.8) is 0 Å². The SMILES string of the molecule is CC(C)C(c1cc(F)c(I)cc1[N+](=O)[O-])C(C)N. The van der Waals surface area contributed by atoms with Crippen molar-refractivity contribution in [1.82, 2.24) is 0 Å². The summed E-state index contributed by atoms with van der Waals surface area (Å²) in [6.45, 7) is 5.63. The number of nitro groups is 1. The highest BCUT2D eigenvalue weighted by Gasteiger charge is 2.29. The highest BCUT2D eigenvalue weighted by atomic mass is 127. The van der Waals surface area contributed by atoms with Crippen LogP contribution in [0.15, 0.2) is 12.1 Å². The topological polar surface area (TPSA) is 69.2 Å². The Balaban J connectivity index is 3.45. The van der Waals surface area contributed by atoms with Gasteiger partial charge >= 0.3 is 0 Å². The minimum atomic E-state index is -0.477. The molecule has 0 radical (unpaired) electrons. The lowest BCUT2D eigenvalue weighted by Gasteiger charge is -2.25. The molecule has 0 aliphatic rings. The normalized spacial score (nSPS) is 14.6. The van der Waals surface area contributed by atoms with Crippen LogP contribution in [-0.2, 0) is 0 Å².